The van der Waals surface area contributed by atoms with Gasteiger partial charge in [-0.3, -0.25) is 9.69 Å². The number of amides is 1. The van der Waals surface area contributed by atoms with Gasteiger partial charge in [0.25, 0.3) is 5.91 Å². The number of hydrogen-bond acceptors (Lipinski definition) is 4. The summed E-state index contributed by atoms with van der Waals surface area (Å²) < 4.78 is 23.1. The van der Waals surface area contributed by atoms with Gasteiger partial charge in [0.15, 0.2) is 9.84 Å². The van der Waals surface area contributed by atoms with Crippen LogP contribution in [0.3, 0.4) is 0 Å². The molecule has 0 radical (unpaired) electrons. The highest BCUT2D eigenvalue weighted by molar-refractivity contribution is 7.90. The Balaban J connectivity index is 1.59. The number of nitrogens with zero attached hydrogens (tertiary/aromatic N) is 1. The Labute approximate surface area is 167 Å². The number of carbonyl (C=O) groups excluding carboxylic acids is 1. The number of hydrogen-bond donors (Lipinski definition) is 1. The van der Waals surface area contributed by atoms with Crippen molar-refractivity contribution in [2.45, 2.75) is 43.7 Å². The van der Waals surface area contributed by atoms with Crippen molar-refractivity contribution in [3.63, 3.8) is 0 Å². The first-order valence-corrected chi connectivity index (χ1v) is 11.6. The average Bonchev–Trinajstić information content (AvgIpc) is 2.68. The van der Waals surface area contributed by atoms with Gasteiger partial charge in [0.1, 0.15) is 0 Å². The summed E-state index contributed by atoms with van der Waals surface area (Å²) in [6.45, 7) is 5.12. The Morgan fingerprint density at radius 1 is 1.00 bits per heavy atom. The van der Waals surface area contributed by atoms with Crippen molar-refractivity contribution >= 4 is 15.7 Å². The molecular formula is C22H28N2O3S. The van der Waals surface area contributed by atoms with Crippen molar-refractivity contribution in [2.75, 3.05) is 19.3 Å². The SMILES string of the molecule is C[C@@H](NC(=O)c1ccc(CN2CCCCC2)cc1)c1ccc(S(C)(=O)=O)cc1. The molecule has 0 unspecified atom stereocenters. The highest BCUT2D eigenvalue weighted by Crippen LogP contribution is 2.18. The van der Waals surface area contributed by atoms with Gasteiger partial charge in [-0.2, -0.15) is 0 Å². The Bertz CT molecular complexity index is 900. The van der Waals surface area contributed by atoms with Crippen LogP contribution < -0.4 is 5.32 Å². The van der Waals surface area contributed by atoms with Crippen LogP contribution in [0.2, 0.25) is 0 Å². The van der Waals surface area contributed by atoms with E-state index in [2.05, 4.69) is 10.2 Å². The first kappa shape index (κ1) is 20.6. The number of nitrogens with one attached hydrogen (secondary N) is 1. The second kappa shape index (κ2) is 8.88. The van der Waals surface area contributed by atoms with E-state index < -0.39 is 9.84 Å². The molecule has 150 valence electrons. The summed E-state index contributed by atoms with van der Waals surface area (Å²) in [5, 5.41) is 2.97. The van der Waals surface area contributed by atoms with Crippen LogP contribution in [0.5, 0.6) is 0 Å². The van der Waals surface area contributed by atoms with E-state index in [1.807, 2.05) is 31.2 Å². The standard InChI is InChI=1S/C22H28N2O3S/c1-17(19-10-12-21(13-11-19)28(2,26)27)23-22(25)20-8-6-18(7-9-20)16-24-14-4-3-5-15-24/h6-13,17H,3-5,14-16H2,1-2H3,(H,23,25)/t17-/m1/s1. The molecule has 2 aromatic carbocycles. The Morgan fingerprint density at radius 2 is 1.61 bits per heavy atom. The minimum Gasteiger partial charge on any atom is -0.346 e. The summed E-state index contributed by atoms with van der Waals surface area (Å²) in [6, 6.07) is 14.2. The van der Waals surface area contributed by atoms with E-state index in [-0.39, 0.29) is 16.8 Å². The molecule has 1 aliphatic rings. The first-order chi connectivity index (χ1) is 13.3. The van der Waals surface area contributed by atoms with Gasteiger partial charge in [0, 0.05) is 18.4 Å². The highest BCUT2D eigenvalue weighted by Gasteiger charge is 2.14. The number of carbonyl (C=O) groups is 1. The zero-order valence-corrected chi connectivity index (χ0v) is 17.3. The topological polar surface area (TPSA) is 66.5 Å². The average molecular weight is 401 g/mol. The lowest BCUT2D eigenvalue weighted by molar-refractivity contribution is 0.0940. The maximum absolute atomic E-state index is 12.5. The Morgan fingerprint density at radius 3 is 2.18 bits per heavy atom. The molecule has 28 heavy (non-hydrogen) atoms. The number of benzene rings is 2. The third-order valence-electron chi connectivity index (χ3n) is 5.23. The lowest BCUT2D eigenvalue weighted by atomic mass is 10.1. The fraction of sp³-hybridized carbons (Fsp3) is 0.409. The minimum absolute atomic E-state index is 0.135. The Hall–Kier alpha value is -2.18. The van der Waals surface area contributed by atoms with Gasteiger partial charge in [0.05, 0.1) is 10.9 Å². The number of rotatable bonds is 6. The van der Waals surface area contributed by atoms with Gasteiger partial charge in [-0.1, -0.05) is 30.7 Å². The lowest BCUT2D eigenvalue weighted by Gasteiger charge is -2.26. The second-order valence-electron chi connectivity index (χ2n) is 7.57. The van der Waals surface area contributed by atoms with Gasteiger partial charge in [-0.25, -0.2) is 8.42 Å². The van der Waals surface area contributed by atoms with Gasteiger partial charge in [-0.05, 0) is 68.2 Å². The van der Waals surface area contributed by atoms with E-state index in [1.165, 1.54) is 31.1 Å². The fourth-order valence-electron chi connectivity index (χ4n) is 3.50. The largest absolute Gasteiger partial charge is 0.346 e. The number of sulfone groups is 1. The zero-order chi connectivity index (χ0) is 20.1. The molecule has 3 rings (SSSR count). The van der Waals surface area contributed by atoms with Crippen molar-refractivity contribution in [2.24, 2.45) is 0 Å². The molecule has 1 N–H and O–H groups in total. The van der Waals surface area contributed by atoms with E-state index in [0.717, 1.165) is 25.2 Å². The van der Waals surface area contributed by atoms with E-state index in [0.29, 0.717) is 5.56 Å². The molecule has 6 heteroatoms. The van der Waals surface area contributed by atoms with Crippen LogP contribution in [0.1, 0.15) is 53.7 Å². The van der Waals surface area contributed by atoms with Crippen molar-refractivity contribution in [3.05, 3.63) is 65.2 Å². The molecule has 0 saturated carbocycles. The van der Waals surface area contributed by atoms with Crippen LogP contribution in [-0.2, 0) is 16.4 Å². The molecule has 0 bridgehead atoms. The van der Waals surface area contributed by atoms with Crippen LogP contribution in [-0.4, -0.2) is 38.6 Å². The minimum atomic E-state index is -3.22. The third kappa shape index (κ3) is 5.42. The van der Waals surface area contributed by atoms with E-state index in [4.69, 9.17) is 0 Å². The van der Waals surface area contributed by atoms with Crippen LogP contribution in [0, 0.1) is 0 Å². The van der Waals surface area contributed by atoms with E-state index in [9.17, 15) is 13.2 Å². The molecule has 1 amide bonds. The summed E-state index contributed by atoms with van der Waals surface area (Å²) in [5.41, 5.74) is 2.72. The van der Waals surface area contributed by atoms with Crippen molar-refractivity contribution in [1.29, 1.82) is 0 Å². The molecule has 1 heterocycles. The van der Waals surface area contributed by atoms with Gasteiger partial charge >= 0.3 is 0 Å². The van der Waals surface area contributed by atoms with Crippen molar-refractivity contribution in [3.8, 4) is 0 Å². The third-order valence-corrected chi connectivity index (χ3v) is 6.36. The van der Waals surface area contributed by atoms with Crippen LogP contribution in [0.4, 0.5) is 0 Å². The zero-order valence-electron chi connectivity index (χ0n) is 16.5. The predicted octanol–water partition coefficient (Wildman–Crippen LogP) is 3.57. The molecule has 0 aromatic heterocycles. The summed E-state index contributed by atoms with van der Waals surface area (Å²) in [5.74, 6) is -0.135. The highest BCUT2D eigenvalue weighted by atomic mass is 32.2. The van der Waals surface area contributed by atoms with E-state index >= 15 is 0 Å². The summed E-state index contributed by atoms with van der Waals surface area (Å²) in [4.78, 5) is 15.3. The van der Waals surface area contributed by atoms with Gasteiger partial charge in [0.2, 0.25) is 0 Å². The normalized spacial score (nSPS) is 16.5. The number of piperidine rings is 1. The molecule has 5 nitrogen and oxygen atoms in total. The Kier molecular flexibility index (Phi) is 6.52. The molecule has 1 aliphatic heterocycles. The maximum Gasteiger partial charge on any atom is 0.251 e. The van der Waals surface area contributed by atoms with Gasteiger partial charge < -0.3 is 5.32 Å². The number of likely N-dealkylation sites (tertiary alicyclic amines) is 1. The maximum atomic E-state index is 12.5. The fourth-order valence-corrected chi connectivity index (χ4v) is 4.13. The van der Waals surface area contributed by atoms with Crippen molar-refractivity contribution < 1.29 is 13.2 Å². The summed E-state index contributed by atoms with van der Waals surface area (Å²) in [7, 11) is -3.22. The van der Waals surface area contributed by atoms with Crippen molar-refractivity contribution in [1.82, 2.24) is 10.2 Å². The van der Waals surface area contributed by atoms with Crippen LogP contribution >= 0.6 is 0 Å². The van der Waals surface area contributed by atoms with E-state index in [1.54, 1.807) is 24.3 Å². The first-order valence-electron chi connectivity index (χ1n) is 9.75. The van der Waals surface area contributed by atoms with Gasteiger partial charge in [-0.15, -0.1) is 0 Å². The molecule has 1 saturated heterocycles. The summed E-state index contributed by atoms with van der Waals surface area (Å²) >= 11 is 0. The molecule has 1 fully saturated rings. The smallest absolute Gasteiger partial charge is 0.251 e. The monoisotopic (exact) mass is 400 g/mol. The van der Waals surface area contributed by atoms with Crippen LogP contribution in [0.15, 0.2) is 53.4 Å². The summed E-state index contributed by atoms with van der Waals surface area (Å²) in [6.07, 6.45) is 5.04. The molecule has 1 atom stereocenters. The molecular weight excluding hydrogens is 372 g/mol. The second-order valence-corrected chi connectivity index (χ2v) is 9.59. The predicted molar refractivity (Wildman–Crippen MR) is 111 cm³/mol. The molecule has 2 aromatic rings. The molecule has 0 spiro atoms. The lowest BCUT2D eigenvalue weighted by Crippen LogP contribution is -2.29. The molecule has 0 aliphatic carbocycles. The van der Waals surface area contributed by atoms with Crippen LogP contribution in [0.25, 0.3) is 0 Å². The quantitative estimate of drug-likeness (QED) is 0.805.